The Labute approximate surface area is 110 Å². The normalized spacial score (nSPS) is 12.3. The molecular formula is C15H23NO2. The number of hydrogen-bond acceptors (Lipinski definition) is 3. The Kier molecular flexibility index (Phi) is 9.60. The molecule has 1 aliphatic rings. The Hall–Kier alpha value is -1.61. The van der Waals surface area contributed by atoms with Crippen LogP contribution in [0.15, 0.2) is 36.4 Å². The Morgan fingerprint density at radius 1 is 1.17 bits per heavy atom. The lowest BCUT2D eigenvalue weighted by atomic mass is 10.2. The van der Waals surface area contributed by atoms with Crippen LogP contribution in [0.2, 0.25) is 0 Å². The van der Waals surface area contributed by atoms with Gasteiger partial charge in [0.25, 0.3) is 0 Å². The van der Waals surface area contributed by atoms with Crippen molar-refractivity contribution in [1.29, 1.82) is 0 Å². The van der Waals surface area contributed by atoms with Gasteiger partial charge in [0, 0.05) is 32.5 Å². The highest BCUT2D eigenvalue weighted by Gasteiger charge is 2.05. The lowest BCUT2D eigenvalue weighted by Crippen LogP contribution is -2.18. The molecule has 3 heteroatoms. The zero-order chi connectivity index (χ0) is 13.8. The van der Waals surface area contributed by atoms with Crippen molar-refractivity contribution in [1.82, 2.24) is 0 Å². The first-order valence-corrected chi connectivity index (χ1v) is 6.02. The molecule has 100 valence electrons. The van der Waals surface area contributed by atoms with Gasteiger partial charge in [-0.3, -0.25) is 0 Å². The minimum absolute atomic E-state index is 0.819. The third kappa shape index (κ3) is 6.21. The van der Waals surface area contributed by atoms with Gasteiger partial charge in [0.15, 0.2) is 0 Å². The van der Waals surface area contributed by atoms with Crippen LogP contribution in [0.25, 0.3) is 0 Å². The van der Waals surface area contributed by atoms with Crippen LogP contribution in [-0.4, -0.2) is 33.6 Å². The molecule has 0 N–H and O–H groups in total. The van der Waals surface area contributed by atoms with Crippen molar-refractivity contribution in [3.63, 3.8) is 0 Å². The van der Waals surface area contributed by atoms with E-state index < -0.39 is 0 Å². The van der Waals surface area contributed by atoms with Crippen molar-refractivity contribution < 1.29 is 9.53 Å². The summed E-state index contributed by atoms with van der Waals surface area (Å²) in [7, 11) is 1.68. The van der Waals surface area contributed by atoms with E-state index in [1.165, 1.54) is 11.3 Å². The molecule has 0 radical (unpaired) electrons. The molecule has 0 spiro atoms. The van der Waals surface area contributed by atoms with Gasteiger partial charge < -0.3 is 14.4 Å². The Balaban J connectivity index is 0.000000415. The largest absolute Gasteiger partial charge is 0.385 e. The number of carbonyl (C=O) groups excluding carboxylic acids is 1. The highest BCUT2D eigenvalue weighted by atomic mass is 16.5. The molecule has 2 rings (SSSR count). The molecule has 0 aliphatic carbocycles. The van der Waals surface area contributed by atoms with E-state index in [0.29, 0.717) is 0 Å². The zero-order valence-corrected chi connectivity index (χ0v) is 11.6. The van der Waals surface area contributed by atoms with Crippen LogP contribution in [0, 0.1) is 6.92 Å². The number of hydrogen-bond donors (Lipinski definition) is 0. The van der Waals surface area contributed by atoms with Crippen molar-refractivity contribution in [3.05, 3.63) is 42.0 Å². The van der Waals surface area contributed by atoms with Gasteiger partial charge in [-0.2, -0.15) is 0 Å². The van der Waals surface area contributed by atoms with E-state index in [0.717, 1.165) is 19.7 Å². The van der Waals surface area contributed by atoms with Gasteiger partial charge in [-0.25, -0.2) is 0 Å². The Morgan fingerprint density at radius 3 is 2.00 bits per heavy atom. The van der Waals surface area contributed by atoms with Crippen LogP contribution in [-0.2, 0) is 9.53 Å². The SMILES string of the molecule is C=O.CCOC.Cc1ccc(N2CC=CC2)cc1. The Bertz CT molecular complexity index is 323. The second-order valence-corrected chi connectivity index (χ2v) is 3.79. The molecule has 0 amide bonds. The predicted octanol–water partition coefficient (Wildman–Crippen LogP) is 2.84. The van der Waals surface area contributed by atoms with Crippen LogP contribution in [0.1, 0.15) is 12.5 Å². The standard InChI is InChI=1S/C11H13N.C3H8O.CH2O/c1-10-4-6-11(7-5-10)12-8-2-3-9-12;1-3-4-2;1-2/h2-7H,8-9H2,1H3;3H2,1-2H3;1H2. The summed E-state index contributed by atoms with van der Waals surface area (Å²) in [5, 5.41) is 0. The monoisotopic (exact) mass is 249 g/mol. The van der Waals surface area contributed by atoms with Crippen LogP contribution >= 0.6 is 0 Å². The van der Waals surface area contributed by atoms with Gasteiger partial charge in [0.05, 0.1) is 0 Å². The molecule has 0 aromatic heterocycles. The first kappa shape index (κ1) is 16.4. The Morgan fingerprint density at radius 2 is 1.61 bits per heavy atom. The molecule has 18 heavy (non-hydrogen) atoms. The van der Waals surface area contributed by atoms with Gasteiger partial charge in [0.2, 0.25) is 0 Å². The van der Waals surface area contributed by atoms with E-state index >= 15 is 0 Å². The van der Waals surface area contributed by atoms with E-state index in [1.54, 1.807) is 7.11 Å². The third-order valence-electron chi connectivity index (χ3n) is 2.51. The minimum atomic E-state index is 0.819. The van der Waals surface area contributed by atoms with E-state index in [1.807, 2.05) is 13.7 Å². The topological polar surface area (TPSA) is 29.5 Å². The second-order valence-electron chi connectivity index (χ2n) is 3.79. The van der Waals surface area contributed by atoms with E-state index in [4.69, 9.17) is 4.79 Å². The van der Waals surface area contributed by atoms with Crippen molar-refractivity contribution in [2.75, 3.05) is 31.7 Å². The zero-order valence-electron chi connectivity index (χ0n) is 11.6. The first-order chi connectivity index (χ1) is 8.77. The summed E-state index contributed by atoms with van der Waals surface area (Å²) in [5.41, 5.74) is 2.65. The molecule has 0 fully saturated rings. The molecule has 0 bridgehead atoms. The van der Waals surface area contributed by atoms with Gasteiger partial charge in [-0.1, -0.05) is 29.8 Å². The quantitative estimate of drug-likeness (QED) is 0.755. The molecular weight excluding hydrogens is 226 g/mol. The van der Waals surface area contributed by atoms with Crippen LogP contribution < -0.4 is 4.90 Å². The summed E-state index contributed by atoms with van der Waals surface area (Å²) in [5.74, 6) is 0. The molecule has 1 aliphatic heterocycles. The maximum atomic E-state index is 8.00. The summed E-state index contributed by atoms with van der Waals surface area (Å²) in [6.07, 6.45) is 4.42. The number of rotatable bonds is 2. The van der Waals surface area contributed by atoms with Gasteiger partial charge in [-0.15, -0.1) is 0 Å². The molecule has 1 aromatic carbocycles. The van der Waals surface area contributed by atoms with E-state index in [9.17, 15) is 0 Å². The molecule has 1 heterocycles. The lowest BCUT2D eigenvalue weighted by molar-refractivity contribution is -0.0979. The number of ether oxygens (including phenoxy) is 1. The van der Waals surface area contributed by atoms with E-state index in [-0.39, 0.29) is 0 Å². The van der Waals surface area contributed by atoms with Crippen LogP contribution in [0.5, 0.6) is 0 Å². The van der Waals surface area contributed by atoms with Crippen LogP contribution in [0.3, 0.4) is 0 Å². The number of anilines is 1. The van der Waals surface area contributed by atoms with E-state index in [2.05, 4.69) is 53.0 Å². The number of methoxy groups -OCH3 is 1. The number of carbonyl (C=O) groups is 1. The van der Waals surface area contributed by atoms with Crippen molar-refractivity contribution in [2.45, 2.75) is 13.8 Å². The molecule has 0 saturated carbocycles. The highest BCUT2D eigenvalue weighted by Crippen LogP contribution is 2.16. The van der Waals surface area contributed by atoms with Crippen LogP contribution in [0.4, 0.5) is 5.69 Å². The molecule has 0 unspecified atom stereocenters. The molecule has 0 atom stereocenters. The summed E-state index contributed by atoms with van der Waals surface area (Å²) in [6, 6.07) is 8.69. The first-order valence-electron chi connectivity index (χ1n) is 6.02. The number of nitrogens with zero attached hydrogens (tertiary/aromatic N) is 1. The number of aryl methyl sites for hydroxylation is 1. The average molecular weight is 249 g/mol. The fourth-order valence-electron chi connectivity index (χ4n) is 1.44. The minimum Gasteiger partial charge on any atom is -0.385 e. The molecule has 1 aromatic rings. The van der Waals surface area contributed by atoms with Gasteiger partial charge >= 0.3 is 0 Å². The average Bonchev–Trinajstić information content (AvgIpc) is 2.96. The fraction of sp³-hybridized carbons (Fsp3) is 0.400. The maximum Gasteiger partial charge on any atom is 0.106 e. The lowest BCUT2D eigenvalue weighted by Gasteiger charge is -2.17. The molecule has 0 saturated heterocycles. The van der Waals surface area contributed by atoms with Crippen molar-refractivity contribution in [3.8, 4) is 0 Å². The third-order valence-corrected chi connectivity index (χ3v) is 2.51. The maximum absolute atomic E-state index is 8.00. The highest BCUT2D eigenvalue weighted by molar-refractivity contribution is 5.50. The summed E-state index contributed by atoms with van der Waals surface area (Å²) >= 11 is 0. The van der Waals surface area contributed by atoms with Gasteiger partial charge in [-0.05, 0) is 26.0 Å². The molecule has 3 nitrogen and oxygen atoms in total. The smallest absolute Gasteiger partial charge is 0.106 e. The summed E-state index contributed by atoms with van der Waals surface area (Å²) in [4.78, 5) is 10.3. The number of benzene rings is 1. The second kappa shape index (κ2) is 10.5. The summed E-state index contributed by atoms with van der Waals surface area (Å²) < 4.78 is 4.54. The van der Waals surface area contributed by atoms with Crippen molar-refractivity contribution >= 4 is 12.5 Å². The fourth-order valence-corrected chi connectivity index (χ4v) is 1.44. The summed E-state index contributed by atoms with van der Waals surface area (Å²) in [6.45, 7) is 9.01. The van der Waals surface area contributed by atoms with Gasteiger partial charge in [0.1, 0.15) is 6.79 Å². The predicted molar refractivity (Wildman–Crippen MR) is 77.2 cm³/mol. The van der Waals surface area contributed by atoms with Crippen molar-refractivity contribution in [2.24, 2.45) is 0 Å².